The smallest absolute Gasteiger partial charge is 0.276 e. The van der Waals surface area contributed by atoms with E-state index in [0.29, 0.717) is 17.4 Å². The first-order chi connectivity index (χ1) is 9.04. The van der Waals surface area contributed by atoms with Crippen LogP contribution in [-0.2, 0) is 4.79 Å². The summed E-state index contributed by atoms with van der Waals surface area (Å²) in [7, 11) is 0. The average Bonchev–Trinajstić information content (AvgIpc) is 2.38. The quantitative estimate of drug-likeness (QED) is 0.572. The Labute approximate surface area is 118 Å². The van der Waals surface area contributed by atoms with Crippen LogP contribution in [0.25, 0.3) is 0 Å². The van der Waals surface area contributed by atoms with Crippen LogP contribution in [0.4, 0.5) is 0 Å². The van der Waals surface area contributed by atoms with Gasteiger partial charge in [-0.3, -0.25) is 15.6 Å². The number of carbonyl (C=O) groups excluding carboxylic acids is 1. The van der Waals surface area contributed by atoms with E-state index in [-0.39, 0.29) is 12.5 Å². The van der Waals surface area contributed by atoms with Crippen LogP contribution in [0, 0.1) is 13.8 Å². The van der Waals surface area contributed by atoms with Crippen LogP contribution in [0.5, 0.6) is 5.75 Å². The molecule has 0 aliphatic carbocycles. The first-order valence-electron chi connectivity index (χ1n) is 6.06. The van der Waals surface area contributed by atoms with Gasteiger partial charge in [0.15, 0.2) is 11.7 Å². The second-order valence-electron chi connectivity index (χ2n) is 4.02. The Morgan fingerprint density at radius 2 is 2.05 bits per heavy atom. The third-order valence-corrected chi connectivity index (χ3v) is 2.81. The summed E-state index contributed by atoms with van der Waals surface area (Å²) in [4.78, 5) is 11.5. The molecule has 0 fully saturated rings. The maximum Gasteiger partial charge on any atom is 0.276 e. The fourth-order valence-corrected chi connectivity index (χ4v) is 1.59. The van der Waals surface area contributed by atoms with Gasteiger partial charge in [0.25, 0.3) is 5.91 Å². The lowest BCUT2D eigenvalue weighted by atomic mass is 10.1. The molecule has 1 rings (SSSR count). The molecule has 0 saturated heterocycles. The number of hydrazine groups is 1. The van der Waals surface area contributed by atoms with Gasteiger partial charge in [-0.15, -0.1) is 0 Å². The van der Waals surface area contributed by atoms with Gasteiger partial charge < -0.3 is 10.1 Å². The number of nitrogens with one attached hydrogen (secondary N) is 3. The summed E-state index contributed by atoms with van der Waals surface area (Å²) in [5.41, 5.74) is 7.20. The van der Waals surface area contributed by atoms with Crippen molar-refractivity contribution >= 4 is 23.2 Å². The molecule has 1 amide bonds. The molecule has 5 nitrogen and oxygen atoms in total. The monoisotopic (exact) mass is 281 g/mol. The predicted octanol–water partition coefficient (Wildman–Crippen LogP) is 1.20. The fraction of sp³-hybridized carbons (Fsp3) is 0.385. The topological polar surface area (TPSA) is 62.4 Å². The third-order valence-electron chi connectivity index (χ3n) is 2.57. The molecule has 0 atom stereocenters. The summed E-state index contributed by atoms with van der Waals surface area (Å²) in [5, 5.41) is 3.23. The van der Waals surface area contributed by atoms with Crippen molar-refractivity contribution in [3.05, 3.63) is 29.3 Å². The molecule has 0 aromatic heterocycles. The van der Waals surface area contributed by atoms with Crippen molar-refractivity contribution in [3.8, 4) is 5.75 Å². The average molecular weight is 281 g/mol. The largest absolute Gasteiger partial charge is 0.483 e. The van der Waals surface area contributed by atoms with Crippen molar-refractivity contribution in [2.45, 2.75) is 20.8 Å². The van der Waals surface area contributed by atoms with Crippen LogP contribution < -0.4 is 20.9 Å². The molecule has 0 bridgehead atoms. The highest BCUT2D eigenvalue weighted by Crippen LogP contribution is 2.20. The van der Waals surface area contributed by atoms with Gasteiger partial charge >= 0.3 is 0 Å². The Kier molecular flexibility index (Phi) is 6.08. The highest BCUT2D eigenvalue weighted by molar-refractivity contribution is 7.80. The van der Waals surface area contributed by atoms with Crippen LogP contribution in [0.1, 0.15) is 18.1 Å². The Hall–Kier alpha value is -1.82. The van der Waals surface area contributed by atoms with Gasteiger partial charge in [0.05, 0.1) is 0 Å². The van der Waals surface area contributed by atoms with Crippen LogP contribution in [-0.4, -0.2) is 24.2 Å². The van der Waals surface area contributed by atoms with Crippen LogP contribution in [0.2, 0.25) is 0 Å². The molecular formula is C13H19N3O2S. The third kappa shape index (κ3) is 5.13. The second-order valence-corrected chi connectivity index (χ2v) is 4.43. The van der Waals surface area contributed by atoms with Crippen molar-refractivity contribution in [1.29, 1.82) is 0 Å². The normalized spacial score (nSPS) is 9.63. The summed E-state index contributed by atoms with van der Waals surface area (Å²) in [6.45, 7) is 6.51. The minimum atomic E-state index is -0.291. The Balaban J connectivity index is 2.38. The number of aryl methyl sites for hydroxylation is 1. The number of ether oxygens (including phenoxy) is 1. The lowest BCUT2D eigenvalue weighted by molar-refractivity contribution is -0.123. The predicted molar refractivity (Wildman–Crippen MR) is 79.0 cm³/mol. The van der Waals surface area contributed by atoms with Crippen LogP contribution in [0.15, 0.2) is 18.2 Å². The SMILES string of the molecule is CCNC(=S)NNC(=O)COc1cccc(C)c1C. The number of benzene rings is 1. The molecule has 3 N–H and O–H groups in total. The molecule has 0 aliphatic heterocycles. The van der Waals surface area contributed by atoms with E-state index in [4.69, 9.17) is 17.0 Å². The van der Waals surface area contributed by atoms with E-state index >= 15 is 0 Å². The molecule has 104 valence electrons. The summed E-state index contributed by atoms with van der Waals surface area (Å²) in [6, 6.07) is 5.74. The van der Waals surface area contributed by atoms with Gasteiger partial charge in [0.1, 0.15) is 5.75 Å². The summed E-state index contributed by atoms with van der Waals surface area (Å²) >= 11 is 4.91. The van der Waals surface area contributed by atoms with E-state index in [1.54, 1.807) is 0 Å². The Morgan fingerprint density at radius 1 is 1.32 bits per heavy atom. The highest BCUT2D eigenvalue weighted by Gasteiger charge is 2.06. The molecule has 1 aromatic rings. The van der Waals surface area contributed by atoms with Gasteiger partial charge in [0.2, 0.25) is 0 Å². The molecule has 0 radical (unpaired) electrons. The molecule has 19 heavy (non-hydrogen) atoms. The van der Waals surface area contributed by atoms with Crippen molar-refractivity contribution < 1.29 is 9.53 Å². The summed E-state index contributed by atoms with van der Waals surface area (Å²) in [5.74, 6) is 0.422. The molecule has 0 unspecified atom stereocenters. The standard InChI is InChI=1S/C13H19N3O2S/c1-4-14-13(19)16-15-12(17)8-18-11-7-5-6-9(2)10(11)3/h5-7H,4,8H2,1-3H3,(H,15,17)(H2,14,16,19). The molecule has 0 spiro atoms. The minimum Gasteiger partial charge on any atom is -0.483 e. The zero-order valence-corrected chi connectivity index (χ0v) is 12.2. The van der Waals surface area contributed by atoms with Gasteiger partial charge in [-0.05, 0) is 50.2 Å². The van der Waals surface area contributed by atoms with Crippen molar-refractivity contribution in [3.63, 3.8) is 0 Å². The van der Waals surface area contributed by atoms with Crippen LogP contribution in [0.3, 0.4) is 0 Å². The lowest BCUT2D eigenvalue weighted by Gasteiger charge is -2.12. The Morgan fingerprint density at radius 3 is 2.74 bits per heavy atom. The van der Waals surface area contributed by atoms with Gasteiger partial charge in [-0.2, -0.15) is 0 Å². The Bertz CT molecular complexity index is 463. The van der Waals surface area contributed by atoms with Crippen LogP contribution >= 0.6 is 12.2 Å². The van der Waals surface area contributed by atoms with E-state index in [1.807, 2.05) is 39.0 Å². The number of hydrogen-bond donors (Lipinski definition) is 3. The first-order valence-corrected chi connectivity index (χ1v) is 6.47. The molecule has 0 aliphatic rings. The zero-order chi connectivity index (χ0) is 14.3. The maximum atomic E-state index is 11.5. The highest BCUT2D eigenvalue weighted by atomic mass is 32.1. The van der Waals surface area contributed by atoms with Crippen molar-refractivity contribution in [1.82, 2.24) is 16.2 Å². The van der Waals surface area contributed by atoms with Crippen molar-refractivity contribution in [2.24, 2.45) is 0 Å². The fourth-order valence-electron chi connectivity index (χ4n) is 1.39. The lowest BCUT2D eigenvalue weighted by Crippen LogP contribution is -2.48. The van der Waals surface area contributed by atoms with E-state index in [9.17, 15) is 4.79 Å². The van der Waals surface area contributed by atoms with Gasteiger partial charge in [-0.1, -0.05) is 12.1 Å². The van der Waals surface area contributed by atoms with Crippen molar-refractivity contribution in [2.75, 3.05) is 13.2 Å². The molecular weight excluding hydrogens is 262 g/mol. The molecule has 6 heteroatoms. The molecule has 0 heterocycles. The number of hydrogen-bond acceptors (Lipinski definition) is 3. The summed E-state index contributed by atoms with van der Waals surface area (Å²) in [6.07, 6.45) is 0. The number of carbonyl (C=O) groups is 1. The summed E-state index contributed by atoms with van der Waals surface area (Å²) < 4.78 is 5.46. The molecule has 1 aromatic carbocycles. The zero-order valence-electron chi connectivity index (χ0n) is 11.4. The number of amides is 1. The maximum absolute atomic E-state index is 11.5. The minimum absolute atomic E-state index is 0.0635. The molecule has 0 saturated carbocycles. The van der Waals surface area contributed by atoms with E-state index in [0.717, 1.165) is 11.1 Å². The van der Waals surface area contributed by atoms with Gasteiger partial charge in [-0.25, -0.2) is 0 Å². The van der Waals surface area contributed by atoms with E-state index in [2.05, 4.69) is 16.2 Å². The second kappa shape index (κ2) is 7.58. The first kappa shape index (κ1) is 15.2. The van der Waals surface area contributed by atoms with E-state index < -0.39 is 0 Å². The number of rotatable bonds is 4. The number of thiocarbonyl (C=S) groups is 1. The van der Waals surface area contributed by atoms with E-state index in [1.165, 1.54) is 0 Å². The van der Waals surface area contributed by atoms with Gasteiger partial charge in [0, 0.05) is 6.54 Å².